The van der Waals surface area contributed by atoms with Crippen molar-refractivity contribution in [2.24, 2.45) is 0 Å². The van der Waals surface area contributed by atoms with E-state index in [0.717, 1.165) is 43.7 Å². The summed E-state index contributed by atoms with van der Waals surface area (Å²) in [4.78, 5) is 14.2. The highest BCUT2D eigenvalue weighted by molar-refractivity contribution is 5.89. The standard InChI is InChI=1S/C15H20N2O2/c1-3-17-8-6-15(7-9-17)12-10-11(2)4-5-13(12)16-14(18)19-15/h4-5,10H,3,6-9H2,1-2H3,(H,16,18). The number of nitrogens with one attached hydrogen (secondary N) is 1. The van der Waals surface area contributed by atoms with Crippen molar-refractivity contribution in [3.05, 3.63) is 29.3 Å². The Morgan fingerprint density at radius 2 is 2.11 bits per heavy atom. The van der Waals surface area contributed by atoms with E-state index >= 15 is 0 Å². The highest BCUT2D eigenvalue weighted by Gasteiger charge is 2.44. The predicted octanol–water partition coefficient (Wildman–Crippen LogP) is 2.87. The van der Waals surface area contributed by atoms with Gasteiger partial charge < -0.3 is 9.64 Å². The first kappa shape index (κ1) is 12.5. The average molecular weight is 260 g/mol. The minimum atomic E-state index is -0.421. The quantitative estimate of drug-likeness (QED) is 0.844. The topological polar surface area (TPSA) is 41.6 Å². The molecule has 0 saturated carbocycles. The second kappa shape index (κ2) is 4.53. The van der Waals surface area contributed by atoms with Crippen LogP contribution in [-0.4, -0.2) is 30.6 Å². The average Bonchev–Trinajstić information content (AvgIpc) is 2.41. The number of hydrogen-bond donors (Lipinski definition) is 1. The molecule has 1 amide bonds. The van der Waals surface area contributed by atoms with Crippen LogP contribution < -0.4 is 5.32 Å². The Bertz CT molecular complexity index is 505. The van der Waals surface area contributed by atoms with Crippen LogP contribution in [0.2, 0.25) is 0 Å². The number of hydrogen-bond acceptors (Lipinski definition) is 3. The zero-order valence-corrected chi connectivity index (χ0v) is 11.5. The van der Waals surface area contributed by atoms with Crippen molar-refractivity contribution in [1.29, 1.82) is 0 Å². The van der Waals surface area contributed by atoms with Gasteiger partial charge in [0.05, 0.1) is 5.69 Å². The number of benzene rings is 1. The molecule has 0 aromatic heterocycles. The Balaban J connectivity index is 1.98. The SMILES string of the molecule is CCN1CCC2(CC1)OC(=O)Nc1ccc(C)cc12. The number of carbonyl (C=O) groups excluding carboxylic acids is 1. The van der Waals surface area contributed by atoms with Crippen LogP contribution in [0.25, 0.3) is 0 Å². The van der Waals surface area contributed by atoms with Crippen molar-refractivity contribution < 1.29 is 9.53 Å². The van der Waals surface area contributed by atoms with E-state index in [1.165, 1.54) is 5.56 Å². The summed E-state index contributed by atoms with van der Waals surface area (Å²) in [6.07, 6.45) is 1.44. The van der Waals surface area contributed by atoms with Gasteiger partial charge in [0.25, 0.3) is 0 Å². The van der Waals surface area contributed by atoms with Gasteiger partial charge in [0, 0.05) is 31.5 Å². The fraction of sp³-hybridized carbons (Fsp3) is 0.533. The molecule has 0 unspecified atom stereocenters. The van der Waals surface area contributed by atoms with Gasteiger partial charge in [-0.15, -0.1) is 0 Å². The molecule has 2 aliphatic heterocycles. The van der Waals surface area contributed by atoms with Gasteiger partial charge in [0.2, 0.25) is 0 Å². The van der Waals surface area contributed by atoms with Crippen LogP contribution in [0.4, 0.5) is 10.5 Å². The van der Waals surface area contributed by atoms with E-state index in [4.69, 9.17) is 4.74 Å². The Kier molecular flexibility index (Phi) is 2.97. The summed E-state index contributed by atoms with van der Waals surface area (Å²) in [6, 6.07) is 6.16. The maximum Gasteiger partial charge on any atom is 0.412 e. The molecule has 1 fully saturated rings. The van der Waals surface area contributed by atoms with Crippen molar-refractivity contribution in [2.45, 2.75) is 32.3 Å². The fourth-order valence-corrected chi connectivity index (χ4v) is 3.11. The molecule has 2 aliphatic rings. The lowest BCUT2D eigenvalue weighted by molar-refractivity contribution is -0.0369. The van der Waals surface area contributed by atoms with E-state index in [2.05, 4.69) is 30.1 Å². The lowest BCUT2D eigenvalue weighted by atomic mass is 9.81. The van der Waals surface area contributed by atoms with Gasteiger partial charge in [-0.1, -0.05) is 18.6 Å². The van der Waals surface area contributed by atoms with Crippen LogP contribution in [0.5, 0.6) is 0 Å². The van der Waals surface area contributed by atoms with E-state index < -0.39 is 5.60 Å². The summed E-state index contributed by atoms with van der Waals surface area (Å²) in [5.74, 6) is 0. The van der Waals surface area contributed by atoms with Crippen LogP contribution in [0.3, 0.4) is 0 Å². The molecule has 1 saturated heterocycles. The van der Waals surface area contributed by atoms with Gasteiger partial charge in [0.15, 0.2) is 0 Å². The molecule has 19 heavy (non-hydrogen) atoms. The maximum absolute atomic E-state index is 11.8. The van der Waals surface area contributed by atoms with Gasteiger partial charge in [-0.3, -0.25) is 5.32 Å². The molecule has 1 aromatic rings. The smallest absolute Gasteiger partial charge is 0.412 e. The molecular weight excluding hydrogens is 240 g/mol. The van der Waals surface area contributed by atoms with Crippen molar-refractivity contribution in [3.63, 3.8) is 0 Å². The van der Waals surface area contributed by atoms with E-state index in [1.807, 2.05) is 12.1 Å². The summed E-state index contributed by atoms with van der Waals surface area (Å²) in [5.41, 5.74) is 2.83. The molecule has 0 radical (unpaired) electrons. The second-order valence-corrected chi connectivity index (χ2v) is 5.49. The van der Waals surface area contributed by atoms with Crippen molar-refractivity contribution in [2.75, 3.05) is 25.0 Å². The molecule has 1 aromatic carbocycles. The molecule has 3 rings (SSSR count). The molecule has 0 aliphatic carbocycles. The largest absolute Gasteiger partial charge is 0.438 e. The van der Waals surface area contributed by atoms with Gasteiger partial charge in [-0.25, -0.2) is 4.79 Å². The first-order chi connectivity index (χ1) is 9.13. The highest BCUT2D eigenvalue weighted by atomic mass is 16.6. The molecule has 4 heteroatoms. The van der Waals surface area contributed by atoms with Crippen molar-refractivity contribution in [3.8, 4) is 0 Å². The van der Waals surface area contributed by atoms with Crippen LogP contribution in [0, 0.1) is 6.92 Å². The molecule has 4 nitrogen and oxygen atoms in total. The van der Waals surface area contributed by atoms with Gasteiger partial charge in [-0.2, -0.15) is 0 Å². The van der Waals surface area contributed by atoms with Crippen molar-refractivity contribution >= 4 is 11.8 Å². The molecule has 0 atom stereocenters. The summed E-state index contributed by atoms with van der Waals surface area (Å²) in [5, 5.41) is 2.81. The third-order valence-corrected chi connectivity index (χ3v) is 4.30. The molecule has 1 spiro atoms. The summed E-state index contributed by atoms with van der Waals surface area (Å²) < 4.78 is 5.71. The number of likely N-dealkylation sites (tertiary alicyclic amines) is 1. The third kappa shape index (κ3) is 2.10. The molecule has 102 valence electrons. The summed E-state index contributed by atoms with van der Waals surface area (Å²) >= 11 is 0. The lowest BCUT2D eigenvalue weighted by Gasteiger charge is -2.44. The maximum atomic E-state index is 11.8. The minimum absolute atomic E-state index is 0.318. The van der Waals surface area contributed by atoms with Crippen LogP contribution in [0.1, 0.15) is 30.9 Å². The van der Waals surface area contributed by atoms with E-state index in [0.29, 0.717) is 0 Å². The van der Waals surface area contributed by atoms with Crippen LogP contribution in [0.15, 0.2) is 18.2 Å². The minimum Gasteiger partial charge on any atom is -0.438 e. The number of fused-ring (bicyclic) bond motifs is 2. The first-order valence-electron chi connectivity index (χ1n) is 6.96. The number of aryl methyl sites for hydroxylation is 1. The fourth-order valence-electron chi connectivity index (χ4n) is 3.11. The van der Waals surface area contributed by atoms with E-state index in [-0.39, 0.29) is 6.09 Å². The Morgan fingerprint density at radius 1 is 1.37 bits per heavy atom. The van der Waals surface area contributed by atoms with Crippen LogP contribution in [-0.2, 0) is 10.3 Å². The lowest BCUT2D eigenvalue weighted by Crippen LogP contribution is -2.48. The monoisotopic (exact) mass is 260 g/mol. The van der Waals surface area contributed by atoms with Crippen LogP contribution >= 0.6 is 0 Å². The van der Waals surface area contributed by atoms with E-state index in [1.54, 1.807) is 0 Å². The van der Waals surface area contributed by atoms with Gasteiger partial charge in [0.1, 0.15) is 5.60 Å². The second-order valence-electron chi connectivity index (χ2n) is 5.49. The first-order valence-corrected chi connectivity index (χ1v) is 6.96. The number of anilines is 1. The van der Waals surface area contributed by atoms with Gasteiger partial charge in [-0.05, 0) is 25.6 Å². The molecule has 0 bridgehead atoms. The normalized spacial score (nSPS) is 21.7. The Morgan fingerprint density at radius 3 is 2.79 bits per heavy atom. The zero-order valence-electron chi connectivity index (χ0n) is 11.5. The Hall–Kier alpha value is -1.55. The predicted molar refractivity (Wildman–Crippen MR) is 74.3 cm³/mol. The Labute approximate surface area is 113 Å². The number of nitrogens with zero attached hydrogens (tertiary/aromatic N) is 1. The molecular formula is C15H20N2O2. The van der Waals surface area contributed by atoms with E-state index in [9.17, 15) is 4.79 Å². The number of piperidine rings is 1. The number of ether oxygens (including phenoxy) is 1. The third-order valence-electron chi connectivity index (χ3n) is 4.30. The number of rotatable bonds is 1. The van der Waals surface area contributed by atoms with Crippen molar-refractivity contribution in [1.82, 2.24) is 4.90 Å². The number of carbonyl (C=O) groups is 1. The summed E-state index contributed by atoms with van der Waals surface area (Å²) in [6.45, 7) is 7.27. The summed E-state index contributed by atoms with van der Waals surface area (Å²) in [7, 11) is 0. The number of amides is 1. The molecule has 2 heterocycles. The highest BCUT2D eigenvalue weighted by Crippen LogP contribution is 2.43. The van der Waals surface area contributed by atoms with Gasteiger partial charge >= 0.3 is 6.09 Å². The zero-order chi connectivity index (χ0) is 13.5. The molecule has 1 N–H and O–H groups in total.